The van der Waals surface area contributed by atoms with Crippen LogP contribution in [0.4, 0.5) is 0 Å². The molecule has 248 valence electrons. The van der Waals surface area contributed by atoms with Crippen LogP contribution in [0.25, 0.3) is 16.8 Å². The van der Waals surface area contributed by atoms with Crippen molar-refractivity contribution in [1.82, 2.24) is 19.6 Å². The fourth-order valence-corrected chi connectivity index (χ4v) is 6.14. The topological polar surface area (TPSA) is 76.9 Å². The molecule has 0 saturated carbocycles. The first kappa shape index (κ1) is 33.8. The van der Waals surface area contributed by atoms with E-state index in [4.69, 9.17) is 14.6 Å². The van der Waals surface area contributed by atoms with Crippen LogP contribution in [-0.4, -0.2) is 63.7 Å². The minimum atomic E-state index is -0.126. The van der Waals surface area contributed by atoms with Crippen molar-refractivity contribution in [3.05, 3.63) is 95.2 Å². The molecular formula is C39H48N4O4. The second-order valence-corrected chi connectivity index (χ2v) is 12.7. The van der Waals surface area contributed by atoms with Gasteiger partial charge in [-0.3, -0.25) is 9.59 Å². The van der Waals surface area contributed by atoms with Crippen LogP contribution < -0.4 is 9.47 Å². The molecule has 3 aromatic carbocycles. The zero-order chi connectivity index (χ0) is 33.5. The lowest BCUT2D eigenvalue weighted by Gasteiger charge is -2.35. The highest BCUT2D eigenvalue weighted by molar-refractivity contribution is 6.00. The molecule has 1 atom stereocenters. The van der Waals surface area contributed by atoms with Gasteiger partial charge < -0.3 is 19.3 Å². The smallest absolute Gasteiger partial charge is 0.274 e. The number of carbonyl (C=O) groups is 2. The molecule has 0 bridgehead atoms. The predicted molar refractivity (Wildman–Crippen MR) is 187 cm³/mol. The zero-order valence-electron chi connectivity index (χ0n) is 28.7. The highest BCUT2D eigenvalue weighted by Gasteiger charge is 2.31. The summed E-state index contributed by atoms with van der Waals surface area (Å²) in [7, 11) is 1.56. The van der Waals surface area contributed by atoms with Crippen molar-refractivity contribution in [2.24, 2.45) is 0 Å². The van der Waals surface area contributed by atoms with Crippen LogP contribution in [0.15, 0.2) is 72.8 Å². The number of methoxy groups -OCH3 is 1. The van der Waals surface area contributed by atoms with Crippen LogP contribution in [0.3, 0.4) is 0 Å². The predicted octanol–water partition coefficient (Wildman–Crippen LogP) is 7.96. The van der Waals surface area contributed by atoms with Gasteiger partial charge in [-0.2, -0.15) is 9.78 Å². The van der Waals surface area contributed by atoms with Crippen molar-refractivity contribution in [1.29, 1.82) is 0 Å². The summed E-state index contributed by atoms with van der Waals surface area (Å²) < 4.78 is 13.2. The Morgan fingerprint density at radius 3 is 2.21 bits per heavy atom. The highest BCUT2D eigenvalue weighted by Crippen LogP contribution is 2.32. The normalized spacial score (nSPS) is 14.2. The van der Waals surface area contributed by atoms with E-state index in [9.17, 15) is 9.59 Å². The lowest BCUT2D eigenvalue weighted by Crippen LogP contribution is -2.43. The zero-order valence-corrected chi connectivity index (χ0v) is 28.7. The quantitative estimate of drug-likeness (QED) is 0.149. The van der Waals surface area contributed by atoms with E-state index in [-0.39, 0.29) is 24.0 Å². The van der Waals surface area contributed by atoms with Crippen LogP contribution in [0.1, 0.15) is 92.3 Å². The molecule has 2 heterocycles. The summed E-state index contributed by atoms with van der Waals surface area (Å²) in [6.45, 7) is 12.2. The lowest BCUT2D eigenvalue weighted by molar-refractivity contribution is 0.0657. The van der Waals surface area contributed by atoms with E-state index in [0.717, 1.165) is 54.5 Å². The van der Waals surface area contributed by atoms with Crippen LogP contribution in [-0.2, 0) is 13.0 Å². The molecule has 0 aliphatic carbocycles. The van der Waals surface area contributed by atoms with Gasteiger partial charge >= 0.3 is 0 Å². The number of hydrogen-bond donors (Lipinski definition) is 0. The van der Waals surface area contributed by atoms with Crippen molar-refractivity contribution >= 4 is 11.8 Å². The molecule has 0 radical (unpaired) electrons. The number of benzene rings is 3. The molecule has 1 aliphatic rings. The maximum absolute atomic E-state index is 14.6. The summed E-state index contributed by atoms with van der Waals surface area (Å²) in [5.41, 5.74) is 5.64. The third-order valence-electron chi connectivity index (χ3n) is 8.74. The van der Waals surface area contributed by atoms with Gasteiger partial charge in [-0.05, 0) is 86.6 Å². The molecule has 1 unspecified atom stereocenters. The van der Waals surface area contributed by atoms with Crippen LogP contribution in [0, 0.1) is 0 Å². The Bertz CT molecular complexity index is 1670. The van der Waals surface area contributed by atoms with Gasteiger partial charge in [0.2, 0.25) is 5.88 Å². The van der Waals surface area contributed by atoms with Crippen molar-refractivity contribution in [3.63, 3.8) is 0 Å². The van der Waals surface area contributed by atoms with Gasteiger partial charge in [0.25, 0.3) is 11.8 Å². The summed E-state index contributed by atoms with van der Waals surface area (Å²) in [5.74, 6) is 0.969. The number of unbranched alkanes of at least 4 members (excludes halogenated alkanes) is 2. The van der Waals surface area contributed by atoms with Gasteiger partial charge in [-0.1, -0.05) is 69.2 Å². The van der Waals surface area contributed by atoms with E-state index in [1.807, 2.05) is 72.2 Å². The number of nitrogens with zero attached hydrogens (tertiary/aromatic N) is 4. The molecule has 1 aromatic heterocycles. The third-order valence-corrected chi connectivity index (χ3v) is 8.74. The number of amides is 2. The molecule has 0 saturated heterocycles. The summed E-state index contributed by atoms with van der Waals surface area (Å²) in [5, 5.41) is 4.79. The number of fused-ring (bicyclic) bond motifs is 1. The van der Waals surface area contributed by atoms with Crippen molar-refractivity contribution < 1.29 is 19.1 Å². The van der Waals surface area contributed by atoms with Crippen molar-refractivity contribution in [2.45, 2.75) is 85.4 Å². The van der Waals surface area contributed by atoms with Gasteiger partial charge in [0.1, 0.15) is 5.75 Å². The van der Waals surface area contributed by atoms with Crippen molar-refractivity contribution in [2.75, 3.05) is 20.2 Å². The Kier molecular flexibility index (Phi) is 11.0. The Morgan fingerprint density at radius 1 is 0.915 bits per heavy atom. The first-order valence-electron chi connectivity index (χ1n) is 17.0. The molecule has 4 aromatic rings. The number of hydrogen-bond acceptors (Lipinski definition) is 5. The van der Waals surface area contributed by atoms with E-state index < -0.39 is 0 Å². The number of carbonyl (C=O) groups excluding carboxylic acids is 2. The monoisotopic (exact) mass is 636 g/mol. The Balaban J connectivity index is 1.57. The molecule has 0 fully saturated rings. The van der Waals surface area contributed by atoms with Gasteiger partial charge in [0.05, 0.1) is 24.5 Å². The van der Waals surface area contributed by atoms with E-state index in [2.05, 4.69) is 39.0 Å². The standard InChI is InChI=1S/C39H48N4O4/c1-7-9-21-41(22-10-8-2)39(45)35-25-37(46-6)43(40-35)36-20-17-31(29-15-18-33(19-16-29)47-27(3)4)24-34(36)38(44)42-26-32-14-12-11-13-30(32)23-28(42)5/h11-20,24-25,27-28H,7-10,21-23,26H2,1-6H3. The van der Waals surface area contributed by atoms with E-state index >= 15 is 0 Å². The first-order valence-corrected chi connectivity index (χ1v) is 17.0. The molecule has 0 N–H and O–H groups in total. The van der Waals surface area contributed by atoms with E-state index in [0.29, 0.717) is 42.5 Å². The van der Waals surface area contributed by atoms with Crippen LogP contribution in [0.5, 0.6) is 11.6 Å². The summed E-state index contributed by atoms with van der Waals surface area (Å²) in [6, 6.07) is 23.7. The Morgan fingerprint density at radius 2 is 1.57 bits per heavy atom. The SMILES string of the molecule is CCCCN(CCCC)C(=O)c1cc(OC)n(-c2ccc(-c3ccc(OC(C)C)cc3)cc2C(=O)N2Cc3ccccc3CC2C)n1. The fourth-order valence-electron chi connectivity index (χ4n) is 6.14. The van der Waals surface area contributed by atoms with E-state index in [1.165, 1.54) is 5.56 Å². The van der Waals surface area contributed by atoms with Gasteiger partial charge in [0, 0.05) is 31.7 Å². The maximum Gasteiger partial charge on any atom is 0.274 e. The Labute approximate surface area is 279 Å². The van der Waals surface area contributed by atoms with Crippen LogP contribution >= 0.6 is 0 Å². The first-order chi connectivity index (χ1) is 22.7. The van der Waals surface area contributed by atoms with Gasteiger partial charge in [-0.25, -0.2) is 0 Å². The average Bonchev–Trinajstić information content (AvgIpc) is 3.52. The minimum Gasteiger partial charge on any atom is -0.491 e. The van der Waals surface area contributed by atoms with E-state index in [1.54, 1.807) is 17.9 Å². The van der Waals surface area contributed by atoms with Gasteiger partial charge in [0.15, 0.2) is 5.69 Å². The second-order valence-electron chi connectivity index (χ2n) is 12.7. The highest BCUT2D eigenvalue weighted by atomic mass is 16.5. The van der Waals surface area contributed by atoms with Gasteiger partial charge in [-0.15, -0.1) is 0 Å². The summed E-state index contributed by atoms with van der Waals surface area (Å²) in [6.07, 6.45) is 4.71. The fraction of sp³-hybridized carbons (Fsp3) is 0.410. The lowest BCUT2D eigenvalue weighted by atomic mass is 9.93. The molecule has 8 nitrogen and oxygen atoms in total. The molecule has 8 heteroatoms. The average molecular weight is 637 g/mol. The minimum absolute atomic E-state index is 0.00344. The number of ether oxygens (including phenoxy) is 2. The largest absolute Gasteiger partial charge is 0.491 e. The summed E-state index contributed by atoms with van der Waals surface area (Å²) in [4.78, 5) is 32.2. The third kappa shape index (κ3) is 7.70. The Hall–Kier alpha value is -4.59. The second kappa shape index (κ2) is 15.3. The summed E-state index contributed by atoms with van der Waals surface area (Å²) >= 11 is 0. The number of rotatable bonds is 13. The molecule has 0 spiro atoms. The van der Waals surface area contributed by atoms with Crippen LogP contribution in [0.2, 0.25) is 0 Å². The molecular weight excluding hydrogens is 588 g/mol. The molecule has 1 aliphatic heterocycles. The molecule has 47 heavy (non-hydrogen) atoms. The maximum atomic E-state index is 14.6. The van der Waals surface area contributed by atoms with Crippen molar-refractivity contribution in [3.8, 4) is 28.4 Å². The molecule has 2 amide bonds. The molecule has 5 rings (SSSR count). The number of aromatic nitrogens is 2.